The number of carbonyl (C=O) groups is 1. The Balaban J connectivity index is 1.43. The number of benzene rings is 3. The van der Waals surface area contributed by atoms with Crippen LogP contribution in [0.3, 0.4) is 0 Å². The van der Waals surface area contributed by atoms with E-state index in [2.05, 4.69) is 75.0 Å². The van der Waals surface area contributed by atoms with E-state index in [1.165, 1.54) is 22.3 Å². The van der Waals surface area contributed by atoms with Crippen LogP contribution in [0.2, 0.25) is 0 Å². The summed E-state index contributed by atoms with van der Waals surface area (Å²) in [7, 11) is 0. The van der Waals surface area contributed by atoms with Crippen LogP contribution in [0, 0.1) is 19.8 Å². The van der Waals surface area contributed by atoms with Crippen molar-refractivity contribution in [2.24, 2.45) is 5.92 Å². The van der Waals surface area contributed by atoms with E-state index in [0.717, 1.165) is 35.3 Å². The molecule has 0 amide bonds. The summed E-state index contributed by atoms with van der Waals surface area (Å²) in [6, 6.07) is 20.9. The number of esters is 1. The van der Waals surface area contributed by atoms with Gasteiger partial charge in [0.2, 0.25) is 0 Å². The summed E-state index contributed by atoms with van der Waals surface area (Å²) in [4.78, 5) is 12.1. The molecule has 3 heteroatoms. The third-order valence-electron chi connectivity index (χ3n) is 6.65. The van der Waals surface area contributed by atoms with Gasteiger partial charge in [0.25, 0.3) is 0 Å². The van der Waals surface area contributed by atoms with Gasteiger partial charge in [-0.2, -0.15) is 0 Å². The minimum absolute atomic E-state index is 0.0795. The predicted molar refractivity (Wildman–Crippen MR) is 122 cm³/mol. The minimum atomic E-state index is -0.260. The first-order valence-corrected chi connectivity index (χ1v) is 10.8. The van der Waals surface area contributed by atoms with Gasteiger partial charge in [-0.3, -0.25) is 0 Å². The lowest BCUT2D eigenvalue weighted by molar-refractivity contribution is -0.139. The summed E-state index contributed by atoms with van der Waals surface area (Å²) < 4.78 is 12.0. The average molecular weight is 411 g/mol. The molecule has 3 aromatic rings. The van der Waals surface area contributed by atoms with Crippen molar-refractivity contribution in [3.63, 3.8) is 0 Å². The highest BCUT2D eigenvalue weighted by Gasteiger charge is 2.44. The highest BCUT2D eigenvalue weighted by Crippen LogP contribution is 2.49. The molecule has 3 aromatic carbocycles. The molecule has 3 nitrogen and oxygen atoms in total. The summed E-state index contributed by atoms with van der Waals surface area (Å²) in [5.74, 6) is 0.676. The lowest BCUT2D eigenvalue weighted by atomic mass is 9.76. The zero-order valence-corrected chi connectivity index (χ0v) is 18.0. The first-order chi connectivity index (χ1) is 15.0. The fourth-order valence-electron chi connectivity index (χ4n) is 4.96. The van der Waals surface area contributed by atoms with Crippen molar-refractivity contribution < 1.29 is 14.3 Å². The van der Waals surface area contributed by atoms with E-state index in [9.17, 15) is 4.79 Å². The van der Waals surface area contributed by atoms with Crippen LogP contribution in [-0.2, 0) is 22.6 Å². The molecule has 0 radical (unpaired) electrons. The molecule has 1 aliphatic carbocycles. The largest absolute Gasteiger partial charge is 0.489 e. The monoisotopic (exact) mass is 410 g/mol. The van der Waals surface area contributed by atoms with Crippen LogP contribution < -0.4 is 4.74 Å². The second kappa shape index (κ2) is 7.73. The SMILES string of the molecule is C=C1C(=O)O[C@H]2c3c(C)c(OCc4cccc(-c5ccccc5)c4)cc(C)c3CC[C@@H]12. The fraction of sp³-hybridized carbons (Fsp3) is 0.250. The summed E-state index contributed by atoms with van der Waals surface area (Å²) >= 11 is 0. The highest BCUT2D eigenvalue weighted by molar-refractivity contribution is 5.91. The molecule has 5 rings (SSSR count). The van der Waals surface area contributed by atoms with Crippen molar-refractivity contribution in [1.29, 1.82) is 0 Å². The Morgan fingerprint density at radius 1 is 1.03 bits per heavy atom. The molecule has 0 unspecified atom stereocenters. The van der Waals surface area contributed by atoms with Gasteiger partial charge < -0.3 is 9.47 Å². The number of rotatable bonds is 4. The van der Waals surface area contributed by atoms with E-state index in [1.54, 1.807) is 0 Å². The molecular formula is C28H26O3. The molecule has 1 saturated heterocycles. The number of carbonyl (C=O) groups excluding carboxylic acids is 1. The van der Waals surface area contributed by atoms with Gasteiger partial charge >= 0.3 is 5.97 Å². The summed E-state index contributed by atoms with van der Waals surface area (Å²) in [6.45, 7) is 8.65. The summed E-state index contributed by atoms with van der Waals surface area (Å²) in [5.41, 5.74) is 8.78. The molecule has 2 atom stereocenters. The van der Waals surface area contributed by atoms with Crippen LogP contribution in [0.5, 0.6) is 5.75 Å². The van der Waals surface area contributed by atoms with Crippen molar-refractivity contribution in [2.75, 3.05) is 0 Å². The van der Waals surface area contributed by atoms with E-state index < -0.39 is 0 Å². The van der Waals surface area contributed by atoms with Gasteiger partial charge in [-0.15, -0.1) is 0 Å². The van der Waals surface area contributed by atoms with Crippen molar-refractivity contribution >= 4 is 5.97 Å². The Kier molecular flexibility index (Phi) is 4.90. The van der Waals surface area contributed by atoms with Crippen molar-refractivity contribution in [1.82, 2.24) is 0 Å². The van der Waals surface area contributed by atoms with Crippen LogP contribution >= 0.6 is 0 Å². The van der Waals surface area contributed by atoms with Crippen molar-refractivity contribution in [3.8, 4) is 16.9 Å². The molecule has 1 fully saturated rings. The van der Waals surface area contributed by atoms with E-state index >= 15 is 0 Å². The van der Waals surface area contributed by atoms with Crippen LogP contribution in [0.25, 0.3) is 11.1 Å². The zero-order valence-electron chi connectivity index (χ0n) is 18.0. The lowest BCUT2D eigenvalue weighted by Crippen LogP contribution is -2.20. The van der Waals surface area contributed by atoms with E-state index in [1.807, 2.05) is 6.07 Å². The molecule has 31 heavy (non-hydrogen) atoms. The predicted octanol–water partition coefficient (Wildman–Crippen LogP) is 6.27. The van der Waals surface area contributed by atoms with Gasteiger partial charge in [0.15, 0.2) is 0 Å². The first kappa shape index (κ1) is 19.6. The second-order valence-electron chi connectivity index (χ2n) is 8.56. The maximum Gasteiger partial charge on any atom is 0.334 e. The number of hydrogen-bond donors (Lipinski definition) is 0. The summed E-state index contributed by atoms with van der Waals surface area (Å²) in [5, 5.41) is 0. The topological polar surface area (TPSA) is 35.5 Å². The maximum atomic E-state index is 12.1. The van der Waals surface area contributed by atoms with Crippen LogP contribution in [-0.4, -0.2) is 5.97 Å². The molecule has 156 valence electrons. The van der Waals surface area contributed by atoms with Crippen molar-refractivity contribution in [3.05, 3.63) is 101 Å². The smallest absolute Gasteiger partial charge is 0.334 e. The van der Waals surface area contributed by atoms with E-state index in [-0.39, 0.29) is 18.0 Å². The Hall–Kier alpha value is -3.33. The Morgan fingerprint density at radius 2 is 1.81 bits per heavy atom. The first-order valence-electron chi connectivity index (χ1n) is 10.8. The fourth-order valence-corrected chi connectivity index (χ4v) is 4.96. The molecule has 0 saturated carbocycles. The molecule has 0 spiro atoms. The van der Waals surface area contributed by atoms with Gasteiger partial charge in [-0.05, 0) is 72.2 Å². The van der Waals surface area contributed by atoms with Gasteiger partial charge in [0.05, 0.1) is 0 Å². The zero-order chi connectivity index (χ0) is 21.5. The Morgan fingerprint density at radius 3 is 2.61 bits per heavy atom. The number of hydrogen-bond acceptors (Lipinski definition) is 3. The van der Waals surface area contributed by atoms with Crippen molar-refractivity contribution in [2.45, 2.75) is 39.4 Å². The minimum Gasteiger partial charge on any atom is -0.489 e. The third-order valence-corrected chi connectivity index (χ3v) is 6.65. The molecule has 0 N–H and O–H groups in total. The quantitative estimate of drug-likeness (QED) is 0.376. The second-order valence-corrected chi connectivity index (χ2v) is 8.56. The van der Waals surface area contributed by atoms with Crippen LogP contribution in [0.4, 0.5) is 0 Å². The van der Waals surface area contributed by atoms with Gasteiger partial charge in [0.1, 0.15) is 18.5 Å². The maximum absolute atomic E-state index is 12.1. The average Bonchev–Trinajstić information content (AvgIpc) is 3.09. The van der Waals surface area contributed by atoms with Gasteiger partial charge in [-0.25, -0.2) is 4.79 Å². The lowest BCUT2D eigenvalue weighted by Gasteiger charge is -2.30. The molecule has 1 aliphatic heterocycles. The highest BCUT2D eigenvalue weighted by atomic mass is 16.6. The number of aryl methyl sites for hydroxylation is 1. The molecule has 1 heterocycles. The number of fused-ring (bicyclic) bond motifs is 3. The van der Waals surface area contributed by atoms with Gasteiger partial charge in [0, 0.05) is 17.1 Å². The summed E-state index contributed by atoms with van der Waals surface area (Å²) in [6.07, 6.45) is 1.63. The van der Waals surface area contributed by atoms with E-state index in [0.29, 0.717) is 12.2 Å². The van der Waals surface area contributed by atoms with Gasteiger partial charge in [-0.1, -0.05) is 55.1 Å². The van der Waals surface area contributed by atoms with Crippen LogP contribution in [0.1, 0.15) is 40.3 Å². The molecule has 0 aromatic heterocycles. The standard InChI is InChI=1S/C28H26O3/c1-17-14-25(19(3)26-23(17)12-13-24-18(2)28(29)31-27(24)26)30-16-20-8-7-11-22(15-20)21-9-5-4-6-10-21/h4-11,14-15,24,27H,2,12-13,16H2,1,3H3/t24-,27+/m0/s1. The van der Waals surface area contributed by atoms with Crippen LogP contribution in [0.15, 0.2) is 72.8 Å². The molecule has 0 bridgehead atoms. The Labute approximate surface area is 183 Å². The Bertz CT molecular complexity index is 1180. The molecule has 2 aliphatic rings. The van der Waals surface area contributed by atoms with E-state index in [4.69, 9.17) is 9.47 Å². The molecular weight excluding hydrogens is 384 g/mol. The third kappa shape index (κ3) is 3.44. The normalized spacial score (nSPS) is 19.5. The number of ether oxygens (including phenoxy) is 2.